The van der Waals surface area contributed by atoms with Crippen LogP contribution in [0.15, 0.2) is 30.6 Å². The average molecular weight is 446 g/mol. The summed E-state index contributed by atoms with van der Waals surface area (Å²) in [5, 5.41) is 20.8. The van der Waals surface area contributed by atoms with Crippen molar-refractivity contribution in [3.63, 3.8) is 0 Å². The molecule has 5 rings (SSSR count). The Morgan fingerprint density at radius 1 is 1.27 bits per heavy atom. The monoisotopic (exact) mass is 446 g/mol. The van der Waals surface area contributed by atoms with E-state index in [9.17, 15) is 5.26 Å². The predicted molar refractivity (Wildman–Crippen MR) is 123 cm³/mol. The number of rotatable bonds is 6. The minimum Gasteiger partial charge on any atom is -0.495 e. The van der Waals surface area contributed by atoms with Gasteiger partial charge >= 0.3 is 0 Å². The van der Waals surface area contributed by atoms with Crippen molar-refractivity contribution >= 4 is 28.5 Å². The maximum Gasteiger partial charge on any atom is 0.231 e. The number of nitriles is 1. The Hall–Kier alpha value is -4.13. The molecule has 0 saturated heterocycles. The van der Waals surface area contributed by atoms with Crippen LogP contribution in [0.25, 0.3) is 22.3 Å². The van der Waals surface area contributed by atoms with Gasteiger partial charge in [0.25, 0.3) is 0 Å². The highest BCUT2D eigenvalue weighted by Crippen LogP contribution is 2.35. The average Bonchev–Trinajstić information content (AvgIpc) is 3.55. The lowest BCUT2D eigenvalue weighted by molar-refractivity contribution is 0.416. The zero-order chi connectivity index (χ0) is 22.9. The van der Waals surface area contributed by atoms with Crippen molar-refractivity contribution in [3.05, 3.63) is 42.0 Å². The Kier molecular flexibility index (Phi) is 5.30. The summed E-state index contributed by atoms with van der Waals surface area (Å²) in [4.78, 5) is 12.2. The summed E-state index contributed by atoms with van der Waals surface area (Å²) >= 11 is 0. The molecule has 1 fully saturated rings. The van der Waals surface area contributed by atoms with Crippen molar-refractivity contribution in [2.45, 2.75) is 31.7 Å². The summed E-state index contributed by atoms with van der Waals surface area (Å²) in [6.07, 6.45) is 7.65. The standard InChI is InChI=1S/C23H23FN8O/c1-32-18(7-8-27-32)15-9-19(33-2)17(10-16(15)24)29-23-30-21-20(13(11-25)12-26-21)22(31-23)28-14-5-3-4-6-14/h7-10,12,14H,3-6H2,1-2H3,(H3,26,28,29,30,31). The van der Waals surface area contributed by atoms with Gasteiger partial charge in [-0.1, -0.05) is 12.8 Å². The molecule has 168 valence electrons. The lowest BCUT2D eigenvalue weighted by Crippen LogP contribution is -2.16. The number of nitrogens with zero attached hydrogens (tertiary/aromatic N) is 5. The van der Waals surface area contributed by atoms with Gasteiger partial charge < -0.3 is 20.4 Å². The molecule has 10 heteroatoms. The van der Waals surface area contributed by atoms with Gasteiger partial charge in [-0.3, -0.25) is 4.68 Å². The quantitative estimate of drug-likeness (QED) is 0.400. The third kappa shape index (κ3) is 3.82. The second kappa shape index (κ2) is 8.43. The number of halogens is 1. The van der Waals surface area contributed by atoms with Crippen LogP contribution in [-0.4, -0.2) is 37.9 Å². The summed E-state index contributed by atoms with van der Waals surface area (Å²) in [6, 6.07) is 7.19. The van der Waals surface area contributed by atoms with Crippen LogP contribution in [0.3, 0.4) is 0 Å². The van der Waals surface area contributed by atoms with E-state index in [1.54, 1.807) is 36.3 Å². The first-order chi connectivity index (χ1) is 16.1. The minimum absolute atomic E-state index is 0.264. The fourth-order valence-corrected chi connectivity index (χ4v) is 4.32. The highest BCUT2D eigenvalue weighted by atomic mass is 19.1. The second-order valence-corrected chi connectivity index (χ2v) is 8.06. The van der Waals surface area contributed by atoms with E-state index < -0.39 is 5.82 Å². The third-order valence-electron chi connectivity index (χ3n) is 5.98. The summed E-state index contributed by atoms with van der Waals surface area (Å²) in [6.45, 7) is 0. The van der Waals surface area contributed by atoms with Crippen LogP contribution in [0.2, 0.25) is 0 Å². The fourth-order valence-electron chi connectivity index (χ4n) is 4.32. The Bertz CT molecular complexity index is 1360. The topological polar surface area (TPSA) is 116 Å². The van der Waals surface area contributed by atoms with Crippen LogP contribution >= 0.6 is 0 Å². The lowest BCUT2D eigenvalue weighted by Gasteiger charge is -2.16. The highest BCUT2D eigenvalue weighted by molar-refractivity contribution is 5.93. The first-order valence-electron chi connectivity index (χ1n) is 10.8. The van der Waals surface area contributed by atoms with E-state index in [4.69, 9.17) is 4.74 Å². The lowest BCUT2D eigenvalue weighted by atomic mass is 10.1. The first kappa shape index (κ1) is 20.8. The van der Waals surface area contributed by atoms with Crippen LogP contribution in [0.4, 0.5) is 21.8 Å². The molecule has 0 aliphatic heterocycles. The number of nitrogens with one attached hydrogen (secondary N) is 3. The number of fused-ring (bicyclic) bond motifs is 1. The molecule has 3 N–H and O–H groups in total. The van der Waals surface area contributed by atoms with Crippen molar-refractivity contribution in [2.24, 2.45) is 7.05 Å². The minimum atomic E-state index is -0.432. The van der Waals surface area contributed by atoms with Gasteiger partial charge in [-0.25, -0.2) is 4.39 Å². The highest BCUT2D eigenvalue weighted by Gasteiger charge is 2.21. The van der Waals surface area contributed by atoms with Crippen LogP contribution in [0.5, 0.6) is 5.75 Å². The summed E-state index contributed by atoms with van der Waals surface area (Å²) in [7, 11) is 3.27. The molecule has 1 aromatic carbocycles. The summed E-state index contributed by atoms with van der Waals surface area (Å²) in [5.74, 6) is 0.850. The molecule has 3 heterocycles. The normalized spacial score (nSPS) is 13.9. The van der Waals surface area contributed by atoms with Crippen molar-refractivity contribution in [3.8, 4) is 23.1 Å². The zero-order valence-corrected chi connectivity index (χ0v) is 18.3. The smallest absolute Gasteiger partial charge is 0.231 e. The summed E-state index contributed by atoms with van der Waals surface area (Å²) in [5.41, 5.74) is 2.39. The molecule has 0 bridgehead atoms. The fraction of sp³-hybridized carbons (Fsp3) is 0.304. The molecule has 0 unspecified atom stereocenters. The Morgan fingerprint density at radius 2 is 2.09 bits per heavy atom. The van der Waals surface area contributed by atoms with Crippen molar-refractivity contribution in [1.82, 2.24) is 24.7 Å². The molecule has 1 saturated carbocycles. The Labute approximate surface area is 189 Å². The van der Waals surface area contributed by atoms with Gasteiger partial charge in [-0.05, 0) is 25.0 Å². The number of benzene rings is 1. The van der Waals surface area contributed by atoms with Gasteiger partial charge in [-0.2, -0.15) is 20.3 Å². The number of methoxy groups -OCH3 is 1. The molecule has 0 amide bonds. The number of aromatic nitrogens is 5. The van der Waals surface area contributed by atoms with E-state index in [-0.39, 0.29) is 5.95 Å². The molecule has 33 heavy (non-hydrogen) atoms. The van der Waals surface area contributed by atoms with Gasteiger partial charge in [-0.15, -0.1) is 0 Å². The molecule has 0 spiro atoms. The predicted octanol–water partition coefficient (Wildman–Crippen LogP) is 4.48. The molecule has 0 atom stereocenters. The van der Waals surface area contributed by atoms with Crippen molar-refractivity contribution in [2.75, 3.05) is 17.7 Å². The maximum atomic E-state index is 15.0. The molecule has 0 radical (unpaired) electrons. The van der Waals surface area contributed by atoms with E-state index in [2.05, 4.69) is 36.8 Å². The first-order valence-corrected chi connectivity index (χ1v) is 10.8. The van der Waals surface area contributed by atoms with Crippen molar-refractivity contribution in [1.29, 1.82) is 5.26 Å². The van der Waals surface area contributed by atoms with Crippen LogP contribution in [0, 0.1) is 17.1 Å². The number of anilines is 3. The largest absolute Gasteiger partial charge is 0.495 e. The van der Waals surface area contributed by atoms with E-state index in [1.807, 2.05) is 0 Å². The second-order valence-electron chi connectivity index (χ2n) is 8.06. The van der Waals surface area contributed by atoms with E-state index in [0.29, 0.717) is 51.2 Å². The molecule has 1 aliphatic carbocycles. The van der Waals surface area contributed by atoms with Gasteiger partial charge in [0.15, 0.2) is 0 Å². The van der Waals surface area contributed by atoms with E-state index >= 15 is 4.39 Å². The number of H-pyrrole nitrogens is 1. The maximum absolute atomic E-state index is 15.0. The zero-order valence-electron chi connectivity index (χ0n) is 18.3. The van der Waals surface area contributed by atoms with Gasteiger partial charge in [0.2, 0.25) is 5.95 Å². The number of aromatic amines is 1. The molecule has 3 aromatic heterocycles. The number of hydrogen-bond donors (Lipinski definition) is 3. The molecular weight excluding hydrogens is 423 g/mol. The number of ether oxygens (including phenoxy) is 1. The van der Waals surface area contributed by atoms with Gasteiger partial charge in [0.1, 0.15) is 29.1 Å². The summed E-state index contributed by atoms with van der Waals surface area (Å²) < 4.78 is 22.1. The van der Waals surface area contributed by atoms with Gasteiger partial charge in [0.05, 0.1) is 29.4 Å². The molecular formula is C23H23FN8O. The molecule has 1 aliphatic rings. The Balaban J connectivity index is 1.54. The van der Waals surface area contributed by atoms with Crippen LogP contribution in [-0.2, 0) is 7.05 Å². The van der Waals surface area contributed by atoms with E-state index in [1.165, 1.54) is 13.2 Å². The molecule has 4 aromatic rings. The third-order valence-corrected chi connectivity index (χ3v) is 5.98. The number of aryl methyl sites for hydroxylation is 1. The van der Waals surface area contributed by atoms with Crippen LogP contribution in [0.1, 0.15) is 31.2 Å². The van der Waals surface area contributed by atoms with Crippen molar-refractivity contribution < 1.29 is 9.13 Å². The SMILES string of the molecule is COc1cc(-c2ccnn2C)c(F)cc1Nc1nc(NC2CCCC2)c2c(C#N)c[nH]c2n1. The Morgan fingerprint density at radius 3 is 2.79 bits per heavy atom. The van der Waals surface area contributed by atoms with Gasteiger partial charge in [0, 0.05) is 37.1 Å². The number of hydrogen-bond acceptors (Lipinski definition) is 7. The van der Waals surface area contributed by atoms with E-state index in [0.717, 1.165) is 25.7 Å². The van der Waals surface area contributed by atoms with Crippen LogP contribution < -0.4 is 15.4 Å². The molecule has 9 nitrogen and oxygen atoms in total.